The molecule has 0 unspecified atom stereocenters. The Labute approximate surface area is 160 Å². The van der Waals surface area contributed by atoms with Gasteiger partial charge >= 0.3 is 0 Å². The molecule has 1 N–H and O–H groups in total. The fourth-order valence-corrected chi connectivity index (χ4v) is 3.13. The molecule has 4 rings (SSSR count). The van der Waals surface area contributed by atoms with Gasteiger partial charge in [0.1, 0.15) is 17.8 Å². The number of fused-ring (bicyclic) bond motifs is 2. The van der Waals surface area contributed by atoms with Crippen LogP contribution in [0.3, 0.4) is 0 Å². The molecule has 0 aliphatic heterocycles. The zero-order chi connectivity index (χ0) is 19.5. The van der Waals surface area contributed by atoms with Gasteiger partial charge in [0, 0.05) is 30.2 Å². The van der Waals surface area contributed by atoms with Crippen molar-refractivity contribution in [3.05, 3.63) is 65.1 Å². The monoisotopic (exact) mass is 377 g/mol. The summed E-state index contributed by atoms with van der Waals surface area (Å²) < 4.78 is 8.36. The Bertz CT molecular complexity index is 1210. The Morgan fingerprint density at radius 1 is 1.18 bits per heavy atom. The Balaban J connectivity index is 1.39. The number of carbonyl (C=O) groups is 1. The Morgan fingerprint density at radius 2 is 2.04 bits per heavy atom. The van der Waals surface area contributed by atoms with Crippen molar-refractivity contribution in [1.82, 2.24) is 24.9 Å². The van der Waals surface area contributed by atoms with E-state index in [1.54, 1.807) is 31.4 Å². The summed E-state index contributed by atoms with van der Waals surface area (Å²) in [6.07, 6.45) is 1.97. The fourth-order valence-electron chi connectivity index (χ4n) is 3.13. The Kier molecular flexibility index (Phi) is 4.76. The molecule has 1 amide bonds. The van der Waals surface area contributed by atoms with Crippen molar-refractivity contribution in [3.8, 4) is 5.75 Å². The number of carbonyl (C=O) groups excluding carboxylic acids is 1. The van der Waals surface area contributed by atoms with E-state index in [0.717, 1.165) is 21.3 Å². The van der Waals surface area contributed by atoms with Crippen molar-refractivity contribution in [3.63, 3.8) is 0 Å². The summed E-state index contributed by atoms with van der Waals surface area (Å²) in [5, 5.41) is 12.2. The molecule has 142 valence electrons. The maximum Gasteiger partial charge on any atom is 0.278 e. The van der Waals surface area contributed by atoms with Gasteiger partial charge in [0.15, 0.2) is 0 Å². The Morgan fingerprint density at radius 3 is 2.89 bits per heavy atom. The van der Waals surface area contributed by atoms with Gasteiger partial charge in [-0.1, -0.05) is 17.3 Å². The van der Waals surface area contributed by atoms with Gasteiger partial charge in [-0.15, -0.1) is 5.10 Å². The third-order valence-corrected chi connectivity index (χ3v) is 4.58. The highest BCUT2D eigenvalue weighted by atomic mass is 16.5. The highest BCUT2D eigenvalue weighted by Crippen LogP contribution is 2.21. The summed E-state index contributed by atoms with van der Waals surface area (Å²) >= 11 is 0. The zero-order valence-corrected chi connectivity index (χ0v) is 15.3. The van der Waals surface area contributed by atoms with Gasteiger partial charge in [-0.25, -0.2) is 4.68 Å². The molecule has 0 saturated heterocycles. The number of amides is 1. The molecular weight excluding hydrogens is 358 g/mol. The van der Waals surface area contributed by atoms with Gasteiger partial charge in [0.05, 0.1) is 12.5 Å². The molecule has 0 fully saturated rings. The highest BCUT2D eigenvalue weighted by Gasteiger charge is 2.09. The lowest BCUT2D eigenvalue weighted by Gasteiger charge is -2.09. The lowest BCUT2D eigenvalue weighted by molar-refractivity contribution is -0.121. The van der Waals surface area contributed by atoms with Gasteiger partial charge in [0.2, 0.25) is 5.91 Å². The number of nitrogens with one attached hydrogen (secondary N) is 1. The molecule has 2 heterocycles. The third-order valence-electron chi connectivity index (χ3n) is 4.58. The minimum absolute atomic E-state index is 0.166. The molecule has 8 nitrogen and oxygen atoms in total. The van der Waals surface area contributed by atoms with Crippen LogP contribution in [-0.2, 0) is 17.9 Å². The van der Waals surface area contributed by atoms with Crippen LogP contribution in [0.2, 0.25) is 0 Å². The lowest BCUT2D eigenvalue weighted by atomic mass is 10.2. The normalized spacial score (nSPS) is 11.0. The minimum atomic E-state index is -0.328. The average Bonchev–Trinajstić information content (AvgIpc) is 3.12. The second-order valence-corrected chi connectivity index (χ2v) is 6.35. The number of aromatic nitrogens is 4. The fraction of sp³-hybridized carbons (Fsp3) is 0.200. The van der Waals surface area contributed by atoms with Gasteiger partial charge in [-0.2, -0.15) is 0 Å². The average molecular weight is 377 g/mol. The van der Waals surface area contributed by atoms with E-state index >= 15 is 0 Å². The van der Waals surface area contributed by atoms with Crippen LogP contribution in [-0.4, -0.2) is 39.1 Å². The van der Waals surface area contributed by atoms with Crippen LogP contribution in [0.15, 0.2) is 59.5 Å². The Hall–Kier alpha value is -3.68. The first-order valence-corrected chi connectivity index (χ1v) is 8.88. The van der Waals surface area contributed by atoms with Gasteiger partial charge < -0.3 is 14.6 Å². The molecule has 8 heteroatoms. The number of rotatable bonds is 6. The van der Waals surface area contributed by atoms with E-state index in [0.29, 0.717) is 24.0 Å². The van der Waals surface area contributed by atoms with Gasteiger partial charge in [-0.05, 0) is 36.4 Å². The van der Waals surface area contributed by atoms with Crippen LogP contribution in [0, 0.1) is 0 Å². The van der Waals surface area contributed by atoms with E-state index in [-0.39, 0.29) is 18.0 Å². The molecule has 0 radical (unpaired) electrons. The van der Waals surface area contributed by atoms with E-state index in [1.165, 1.54) is 0 Å². The lowest BCUT2D eigenvalue weighted by Crippen LogP contribution is -2.35. The predicted molar refractivity (Wildman–Crippen MR) is 105 cm³/mol. The molecular formula is C20H19N5O3. The van der Waals surface area contributed by atoms with Crippen LogP contribution in [0.5, 0.6) is 5.75 Å². The van der Waals surface area contributed by atoms with Crippen LogP contribution in [0.25, 0.3) is 21.8 Å². The molecule has 2 aromatic heterocycles. The van der Waals surface area contributed by atoms with E-state index < -0.39 is 0 Å². The highest BCUT2D eigenvalue weighted by molar-refractivity contribution is 5.82. The van der Waals surface area contributed by atoms with E-state index in [1.807, 2.05) is 30.5 Å². The SMILES string of the molecule is COc1ccc2c(ccn2CCNC(=O)Cn2nnc3ccccc3c2=O)c1. The summed E-state index contributed by atoms with van der Waals surface area (Å²) in [6, 6.07) is 14.8. The first-order valence-electron chi connectivity index (χ1n) is 8.88. The molecule has 0 aliphatic carbocycles. The first-order chi connectivity index (χ1) is 13.7. The van der Waals surface area contributed by atoms with Crippen molar-refractivity contribution in [2.75, 3.05) is 13.7 Å². The van der Waals surface area contributed by atoms with Crippen LogP contribution in [0.4, 0.5) is 0 Å². The number of methoxy groups -OCH3 is 1. The van der Waals surface area contributed by atoms with Crippen molar-refractivity contribution in [2.45, 2.75) is 13.1 Å². The summed E-state index contributed by atoms with van der Waals surface area (Å²) in [7, 11) is 1.64. The van der Waals surface area contributed by atoms with Crippen molar-refractivity contribution in [1.29, 1.82) is 0 Å². The second kappa shape index (κ2) is 7.51. The third kappa shape index (κ3) is 3.44. The molecule has 0 aliphatic rings. The van der Waals surface area contributed by atoms with Gasteiger partial charge in [0.25, 0.3) is 5.56 Å². The smallest absolute Gasteiger partial charge is 0.278 e. The summed E-state index contributed by atoms with van der Waals surface area (Å²) in [4.78, 5) is 24.6. The molecule has 28 heavy (non-hydrogen) atoms. The van der Waals surface area contributed by atoms with E-state index in [2.05, 4.69) is 20.2 Å². The number of hydrogen-bond donors (Lipinski definition) is 1. The maximum atomic E-state index is 12.4. The zero-order valence-electron chi connectivity index (χ0n) is 15.3. The van der Waals surface area contributed by atoms with Crippen molar-refractivity contribution >= 4 is 27.7 Å². The summed E-state index contributed by atoms with van der Waals surface area (Å²) in [5.41, 5.74) is 1.25. The summed E-state index contributed by atoms with van der Waals surface area (Å²) in [5.74, 6) is 0.519. The standard InChI is InChI=1S/C20H19N5O3/c1-28-15-6-7-18-14(12-15)8-10-24(18)11-9-21-19(26)13-25-20(27)16-4-2-3-5-17(16)22-23-25/h2-8,10,12H,9,11,13H2,1H3,(H,21,26). The number of nitrogens with zero attached hydrogens (tertiary/aromatic N) is 4. The van der Waals surface area contributed by atoms with Gasteiger partial charge in [-0.3, -0.25) is 9.59 Å². The van der Waals surface area contributed by atoms with Crippen LogP contribution >= 0.6 is 0 Å². The topological polar surface area (TPSA) is 91.0 Å². The number of hydrogen-bond acceptors (Lipinski definition) is 5. The van der Waals surface area contributed by atoms with E-state index in [4.69, 9.17) is 4.74 Å². The second-order valence-electron chi connectivity index (χ2n) is 6.35. The molecule has 0 saturated carbocycles. The molecule has 0 atom stereocenters. The quantitative estimate of drug-likeness (QED) is 0.551. The molecule has 0 bridgehead atoms. The van der Waals surface area contributed by atoms with Crippen LogP contribution in [0.1, 0.15) is 0 Å². The predicted octanol–water partition coefficient (Wildman–Crippen LogP) is 1.57. The van der Waals surface area contributed by atoms with E-state index in [9.17, 15) is 9.59 Å². The largest absolute Gasteiger partial charge is 0.497 e. The van der Waals surface area contributed by atoms with Crippen LogP contribution < -0.4 is 15.6 Å². The maximum absolute atomic E-state index is 12.4. The molecule has 0 spiro atoms. The van der Waals surface area contributed by atoms with Crippen molar-refractivity contribution < 1.29 is 9.53 Å². The number of ether oxygens (including phenoxy) is 1. The molecule has 2 aromatic carbocycles. The van der Waals surface area contributed by atoms with Crippen molar-refractivity contribution in [2.24, 2.45) is 0 Å². The first kappa shape index (κ1) is 17.7. The minimum Gasteiger partial charge on any atom is -0.497 e. The molecule has 4 aromatic rings. The summed E-state index contributed by atoms with van der Waals surface area (Å²) in [6.45, 7) is 0.880. The number of benzene rings is 2.